The average Bonchev–Trinajstić information content (AvgIpc) is 2.69. The topological polar surface area (TPSA) is 89.8 Å². The fraction of sp³-hybridized carbons (Fsp3) is 0.333. The van der Waals surface area contributed by atoms with Crippen LogP contribution in [0.2, 0.25) is 0 Å². The second-order valence-electron chi connectivity index (χ2n) is 5.57. The zero-order valence-corrected chi connectivity index (χ0v) is 16.3. The van der Waals surface area contributed by atoms with E-state index in [2.05, 4.69) is 5.32 Å². The SMILES string of the molecule is CCOc1ccc(OCC)c(NC(=O)COc2ccc(C#N)cc2OCC)c1. The molecule has 0 bridgehead atoms. The predicted octanol–water partition coefficient (Wildman–Crippen LogP) is 3.77. The van der Waals surface area contributed by atoms with Gasteiger partial charge in [0.1, 0.15) is 11.5 Å². The number of ether oxygens (including phenoxy) is 4. The lowest BCUT2D eigenvalue weighted by Gasteiger charge is -2.15. The van der Waals surface area contributed by atoms with Gasteiger partial charge in [0.2, 0.25) is 0 Å². The van der Waals surface area contributed by atoms with E-state index in [-0.39, 0.29) is 12.5 Å². The molecule has 1 N–H and O–H groups in total. The minimum atomic E-state index is -0.360. The molecule has 2 aromatic carbocycles. The van der Waals surface area contributed by atoms with Crippen LogP contribution in [0.15, 0.2) is 36.4 Å². The van der Waals surface area contributed by atoms with Gasteiger partial charge in [0.15, 0.2) is 18.1 Å². The smallest absolute Gasteiger partial charge is 0.262 e. The summed E-state index contributed by atoms with van der Waals surface area (Å²) >= 11 is 0. The molecule has 0 saturated heterocycles. The normalized spacial score (nSPS) is 9.93. The number of hydrogen-bond donors (Lipinski definition) is 1. The van der Waals surface area contributed by atoms with E-state index in [0.717, 1.165) is 0 Å². The van der Waals surface area contributed by atoms with Crippen molar-refractivity contribution >= 4 is 11.6 Å². The van der Waals surface area contributed by atoms with Gasteiger partial charge in [-0.05, 0) is 45.0 Å². The van der Waals surface area contributed by atoms with Crippen LogP contribution >= 0.6 is 0 Å². The molecule has 2 rings (SSSR count). The summed E-state index contributed by atoms with van der Waals surface area (Å²) in [6, 6.07) is 12.1. The van der Waals surface area contributed by atoms with Crippen molar-refractivity contribution in [3.05, 3.63) is 42.0 Å². The number of anilines is 1. The Morgan fingerprint density at radius 1 is 0.893 bits per heavy atom. The highest BCUT2D eigenvalue weighted by molar-refractivity contribution is 5.93. The summed E-state index contributed by atoms with van der Waals surface area (Å²) in [5.74, 6) is 1.63. The number of amides is 1. The minimum absolute atomic E-state index is 0.226. The van der Waals surface area contributed by atoms with Crippen molar-refractivity contribution in [2.75, 3.05) is 31.7 Å². The van der Waals surface area contributed by atoms with Crippen LogP contribution in [0, 0.1) is 11.3 Å². The second kappa shape index (κ2) is 10.7. The van der Waals surface area contributed by atoms with Crippen LogP contribution in [-0.4, -0.2) is 32.3 Å². The van der Waals surface area contributed by atoms with Gasteiger partial charge in [0, 0.05) is 12.1 Å². The molecule has 28 heavy (non-hydrogen) atoms. The first kappa shape index (κ1) is 20.9. The Bertz CT molecular complexity index is 845. The summed E-state index contributed by atoms with van der Waals surface area (Å²) in [7, 11) is 0. The third-order valence-electron chi connectivity index (χ3n) is 3.57. The Hall–Kier alpha value is -3.40. The highest BCUT2D eigenvalue weighted by Crippen LogP contribution is 2.30. The molecule has 2 aromatic rings. The molecule has 0 aromatic heterocycles. The molecule has 0 saturated carbocycles. The number of rotatable bonds is 10. The van der Waals surface area contributed by atoms with Crippen molar-refractivity contribution in [3.63, 3.8) is 0 Å². The second-order valence-corrected chi connectivity index (χ2v) is 5.57. The lowest BCUT2D eigenvalue weighted by atomic mass is 10.2. The minimum Gasteiger partial charge on any atom is -0.494 e. The molecule has 0 spiro atoms. The van der Waals surface area contributed by atoms with E-state index in [4.69, 9.17) is 24.2 Å². The summed E-state index contributed by atoms with van der Waals surface area (Å²) in [5.41, 5.74) is 0.959. The third kappa shape index (κ3) is 5.81. The zero-order valence-electron chi connectivity index (χ0n) is 16.3. The molecule has 7 nitrogen and oxygen atoms in total. The molecule has 0 heterocycles. The van der Waals surface area contributed by atoms with Gasteiger partial charge in [-0.2, -0.15) is 5.26 Å². The van der Waals surface area contributed by atoms with Crippen LogP contribution in [0.5, 0.6) is 23.0 Å². The van der Waals surface area contributed by atoms with Crippen LogP contribution in [0.1, 0.15) is 26.3 Å². The summed E-state index contributed by atoms with van der Waals surface area (Å²) in [6.07, 6.45) is 0. The van der Waals surface area contributed by atoms with E-state index in [0.29, 0.717) is 54.1 Å². The molecule has 0 radical (unpaired) electrons. The lowest BCUT2D eigenvalue weighted by Crippen LogP contribution is -2.21. The van der Waals surface area contributed by atoms with Crippen LogP contribution in [0.25, 0.3) is 0 Å². The van der Waals surface area contributed by atoms with Gasteiger partial charge in [0.25, 0.3) is 5.91 Å². The summed E-state index contributed by atoms with van der Waals surface area (Å²) in [5, 5.41) is 11.8. The first-order valence-electron chi connectivity index (χ1n) is 9.10. The first-order chi connectivity index (χ1) is 13.6. The van der Waals surface area contributed by atoms with E-state index in [1.54, 1.807) is 36.4 Å². The molecular formula is C21H24N2O5. The largest absolute Gasteiger partial charge is 0.494 e. The average molecular weight is 384 g/mol. The molecule has 0 aliphatic rings. The monoisotopic (exact) mass is 384 g/mol. The molecule has 148 valence electrons. The fourth-order valence-electron chi connectivity index (χ4n) is 2.44. The Labute approximate surface area is 164 Å². The number of hydrogen-bond acceptors (Lipinski definition) is 6. The molecule has 0 unspecified atom stereocenters. The predicted molar refractivity (Wildman–Crippen MR) is 105 cm³/mol. The number of nitrogens with zero attached hydrogens (tertiary/aromatic N) is 1. The molecule has 0 atom stereocenters. The van der Waals surface area contributed by atoms with Gasteiger partial charge in [0.05, 0.1) is 37.1 Å². The number of nitrogens with one attached hydrogen (secondary N) is 1. The van der Waals surface area contributed by atoms with E-state index < -0.39 is 0 Å². The van der Waals surface area contributed by atoms with E-state index in [1.807, 2.05) is 26.8 Å². The van der Waals surface area contributed by atoms with Crippen molar-refractivity contribution < 1.29 is 23.7 Å². The number of carbonyl (C=O) groups excluding carboxylic acids is 1. The van der Waals surface area contributed by atoms with Gasteiger partial charge >= 0.3 is 0 Å². The Morgan fingerprint density at radius 2 is 1.57 bits per heavy atom. The van der Waals surface area contributed by atoms with E-state index >= 15 is 0 Å². The van der Waals surface area contributed by atoms with Gasteiger partial charge in [-0.25, -0.2) is 0 Å². The van der Waals surface area contributed by atoms with Crippen molar-refractivity contribution in [2.24, 2.45) is 0 Å². The van der Waals surface area contributed by atoms with Gasteiger partial charge < -0.3 is 24.3 Å². The molecule has 0 aliphatic carbocycles. The Morgan fingerprint density at radius 3 is 2.25 bits per heavy atom. The number of benzene rings is 2. The van der Waals surface area contributed by atoms with Gasteiger partial charge in [-0.3, -0.25) is 4.79 Å². The summed E-state index contributed by atoms with van der Waals surface area (Å²) < 4.78 is 22.1. The van der Waals surface area contributed by atoms with Gasteiger partial charge in [-0.15, -0.1) is 0 Å². The first-order valence-corrected chi connectivity index (χ1v) is 9.10. The third-order valence-corrected chi connectivity index (χ3v) is 3.57. The highest BCUT2D eigenvalue weighted by Gasteiger charge is 2.13. The Balaban J connectivity index is 2.08. The van der Waals surface area contributed by atoms with Crippen molar-refractivity contribution in [1.82, 2.24) is 0 Å². The Kier molecular flexibility index (Phi) is 7.97. The summed E-state index contributed by atoms with van der Waals surface area (Å²) in [6.45, 7) is 6.76. The fourth-order valence-corrected chi connectivity index (χ4v) is 2.44. The highest BCUT2D eigenvalue weighted by atomic mass is 16.5. The molecule has 7 heteroatoms. The molecule has 0 aliphatic heterocycles. The quantitative estimate of drug-likeness (QED) is 0.671. The van der Waals surface area contributed by atoms with E-state index in [1.165, 1.54) is 0 Å². The van der Waals surface area contributed by atoms with Crippen LogP contribution in [0.4, 0.5) is 5.69 Å². The maximum absolute atomic E-state index is 12.4. The zero-order chi connectivity index (χ0) is 20.4. The summed E-state index contributed by atoms with van der Waals surface area (Å²) in [4.78, 5) is 12.4. The van der Waals surface area contributed by atoms with Crippen molar-refractivity contribution in [3.8, 4) is 29.1 Å². The standard InChI is InChI=1S/C21H24N2O5/c1-4-25-16-8-10-18(26-5-2)17(12-16)23-21(24)14-28-19-9-7-15(13-22)11-20(19)27-6-3/h7-12H,4-6,14H2,1-3H3,(H,23,24). The van der Waals surface area contributed by atoms with Crippen molar-refractivity contribution in [1.29, 1.82) is 5.26 Å². The van der Waals surface area contributed by atoms with E-state index in [9.17, 15) is 4.79 Å². The number of nitriles is 1. The van der Waals surface area contributed by atoms with Gasteiger partial charge in [-0.1, -0.05) is 0 Å². The maximum atomic E-state index is 12.4. The van der Waals surface area contributed by atoms with Crippen molar-refractivity contribution in [2.45, 2.75) is 20.8 Å². The van der Waals surface area contributed by atoms with Crippen LogP contribution < -0.4 is 24.3 Å². The lowest BCUT2D eigenvalue weighted by molar-refractivity contribution is -0.118. The van der Waals surface area contributed by atoms with Crippen LogP contribution in [-0.2, 0) is 4.79 Å². The van der Waals surface area contributed by atoms with Crippen LogP contribution in [0.3, 0.4) is 0 Å². The molecule has 1 amide bonds. The maximum Gasteiger partial charge on any atom is 0.262 e. The number of carbonyl (C=O) groups is 1. The molecule has 0 fully saturated rings. The molecular weight excluding hydrogens is 360 g/mol.